The second-order valence-corrected chi connectivity index (χ2v) is 12.5. The van der Waals surface area contributed by atoms with Gasteiger partial charge in [0.05, 0.1) is 25.0 Å². The van der Waals surface area contributed by atoms with Gasteiger partial charge in [0.15, 0.2) is 0 Å². The quantitative estimate of drug-likeness (QED) is 0.506. The van der Waals surface area contributed by atoms with E-state index >= 15 is 0 Å². The predicted octanol–water partition coefficient (Wildman–Crippen LogP) is 4.59. The number of likely N-dealkylation sites (tertiary alicyclic amines) is 1. The SMILES string of the molecule is COc1cccc(NC(=O)[C@H]2[C@H]3C=C[C@@]4(O3)[C@H]2C(=O)N(C2CCCCCCC2)[C@@H]4C(=O)N[C@@H]2CCCC[C@@H]2C)c1. The highest BCUT2D eigenvalue weighted by Crippen LogP contribution is 2.56. The number of hydrogen-bond acceptors (Lipinski definition) is 5. The van der Waals surface area contributed by atoms with Crippen LogP contribution < -0.4 is 15.4 Å². The Morgan fingerprint density at radius 1 is 1.00 bits per heavy atom. The summed E-state index contributed by atoms with van der Waals surface area (Å²) in [5, 5.41) is 6.35. The molecule has 40 heavy (non-hydrogen) atoms. The van der Waals surface area contributed by atoms with E-state index in [0.717, 1.165) is 57.8 Å². The molecule has 3 amide bonds. The molecule has 7 atom stereocenters. The standard InChI is InChI=1S/C32H43N3O5/c1-20-11-8-9-16-24(20)34-30(37)28-32-18-17-25(40-32)26(29(36)33-21-12-10-15-23(19-21)39-2)27(32)31(38)35(28)22-13-6-4-3-5-7-14-22/h10,12,15,17-20,22,24-28H,3-9,11,13-14,16H2,1-2H3,(H,33,36)(H,34,37)/t20-,24+,25+,26-,27+,28+,32+/m0/s1. The highest BCUT2D eigenvalue weighted by Gasteiger charge is 2.73. The summed E-state index contributed by atoms with van der Waals surface area (Å²) >= 11 is 0. The van der Waals surface area contributed by atoms with Crippen molar-refractivity contribution < 1.29 is 23.9 Å². The fraction of sp³-hybridized carbons (Fsp3) is 0.656. The van der Waals surface area contributed by atoms with Crippen molar-refractivity contribution in [3.8, 4) is 5.75 Å². The van der Waals surface area contributed by atoms with Crippen molar-refractivity contribution in [3.05, 3.63) is 36.4 Å². The molecule has 2 aliphatic carbocycles. The van der Waals surface area contributed by atoms with Gasteiger partial charge in [-0.1, -0.05) is 70.1 Å². The Kier molecular flexibility index (Phi) is 7.64. The molecule has 6 rings (SSSR count). The van der Waals surface area contributed by atoms with Crippen LogP contribution in [0.15, 0.2) is 36.4 Å². The summed E-state index contributed by atoms with van der Waals surface area (Å²) in [6.45, 7) is 2.20. The van der Waals surface area contributed by atoms with Gasteiger partial charge in [-0.05, 0) is 43.7 Å². The summed E-state index contributed by atoms with van der Waals surface area (Å²) in [6, 6.07) is 6.51. The van der Waals surface area contributed by atoms with Gasteiger partial charge < -0.3 is 25.0 Å². The summed E-state index contributed by atoms with van der Waals surface area (Å²) in [7, 11) is 1.58. The first kappa shape index (κ1) is 27.3. The highest BCUT2D eigenvalue weighted by molar-refractivity contribution is 6.03. The largest absolute Gasteiger partial charge is 0.497 e. The van der Waals surface area contributed by atoms with Crippen molar-refractivity contribution in [2.24, 2.45) is 17.8 Å². The third-order valence-electron chi connectivity index (χ3n) is 10.1. The maximum absolute atomic E-state index is 14.4. The van der Waals surface area contributed by atoms with Gasteiger partial charge in [-0.15, -0.1) is 0 Å². The summed E-state index contributed by atoms with van der Waals surface area (Å²) in [4.78, 5) is 44.3. The monoisotopic (exact) mass is 549 g/mol. The van der Waals surface area contributed by atoms with Gasteiger partial charge in [-0.2, -0.15) is 0 Å². The number of rotatable bonds is 6. The van der Waals surface area contributed by atoms with Gasteiger partial charge >= 0.3 is 0 Å². The van der Waals surface area contributed by atoms with Gasteiger partial charge in [-0.3, -0.25) is 14.4 Å². The van der Waals surface area contributed by atoms with Gasteiger partial charge in [0.2, 0.25) is 17.7 Å². The molecule has 1 spiro atoms. The van der Waals surface area contributed by atoms with Crippen LogP contribution in [0.3, 0.4) is 0 Å². The molecule has 2 N–H and O–H groups in total. The first-order valence-electron chi connectivity index (χ1n) is 15.4. The lowest BCUT2D eigenvalue weighted by molar-refractivity contribution is -0.144. The molecule has 1 aromatic rings. The topological polar surface area (TPSA) is 97.0 Å². The smallest absolute Gasteiger partial charge is 0.246 e. The van der Waals surface area contributed by atoms with Crippen LogP contribution in [0.1, 0.15) is 77.6 Å². The van der Waals surface area contributed by atoms with Gasteiger partial charge in [0.25, 0.3) is 0 Å². The molecular weight excluding hydrogens is 506 g/mol. The number of anilines is 1. The molecule has 1 aromatic carbocycles. The molecule has 216 valence electrons. The number of carbonyl (C=O) groups excluding carboxylic acids is 3. The third-order valence-corrected chi connectivity index (χ3v) is 10.1. The van der Waals surface area contributed by atoms with E-state index < -0.39 is 29.6 Å². The molecule has 0 unspecified atom stereocenters. The average molecular weight is 550 g/mol. The molecule has 2 saturated heterocycles. The maximum atomic E-state index is 14.4. The van der Waals surface area contributed by atoms with Crippen LogP contribution in [0.25, 0.3) is 0 Å². The summed E-state index contributed by atoms with van der Waals surface area (Å²) in [6.07, 6.45) is 15.0. The second kappa shape index (κ2) is 11.2. The van der Waals surface area contributed by atoms with E-state index in [-0.39, 0.29) is 29.8 Å². The van der Waals surface area contributed by atoms with Crippen molar-refractivity contribution in [2.75, 3.05) is 12.4 Å². The fourth-order valence-corrected chi connectivity index (χ4v) is 8.03. The van der Waals surface area contributed by atoms with Gasteiger partial charge in [-0.25, -0.2) is 0 Å². The zero-order valence-electron chi connectivity index (χ0n) is 23.8. The normalized spacial score (nSPS) is 35.6. The molecule has 8 heteroatoms. The summed E-state index contributed by atoms with van der Waals surface area (Å²) in [5.41, 5.74) is -0.518. The molecule has 0 aromatic heterocycles. The summed E-state index contributed by atoms with van der Waals surface area (Å²) < 4.78 is 11.9. The lowest BCUT2D eigenvalue weighted by Crippen LogP contribution is -2.59. The molecule has 5 aliphatic rings. The highest BCUT2D eigenvalue weighted by atomic mass is 16.5. The van der Waals surface area contributed by atoms with Crippen LogP contribution >= 0.6 is 0 Å². The minimum Gasteiger partial charge on any atom is -0.497 e. The zero-order chi connectivity index (χ0) is 27.9. The van der Waals surface area contributed by atoms with Gasteiger partial charge in [0.1, 0.15) is 17.4 Å². The minimum atomic E-state index is -1.12. The van der Waals surface area contributed by atoms with E-state index in [1.54, 1.807) is 19.2 Å². The number of ether oxygens (including phenoxy) is 2. The number of benzene rings is 1. The van der Waals surface area contributed by atoms with Crippen LogP contribution in [0.4, 0.5) is 5.69 Å². The van der Waals surface area contributed by atoms with E-state index in [1.165, 1.54) is 12.8 Å². The minimum absolute atomic E-state index is 0.0227. The Bertz CT molecular complexity index is 1160. The number of fused-ring (bicyclic) bond motifs is 1. The number of amides is 3. The summed E-state index contributed by atoms with van der Waals surface area (Å²) in [5.74, 6) is -0.891. The van der Waals surface area contributed by atoms with Crippen molar-refractivity contribution in [3.63, 3.8) is 0 Å². The number of nitrogens with one attached hydrogen (secondary N) is 2. The van der Waals surface area contributed by atoms with E-state index in [9.17, 15) is 14.4 Å². The van der Waals surface area contributed by atoms with E-state index in [2.05, 4.69) is 17.6 Å². The molecule has 2 bridgehead atoms. The first-order valence-corrected chi connectivity index (χ1v) is 15.4. The molecule has 3 aliphatic heterocycles. The number of carbonyl (C=O) groups is 3. The van der Waals surface area contributed by atoms with Crippen LogP contribution in [-0.4, -0.2) is 59.6 Å². The maximum Gasteiger partial charge on any atom is 0.246 e. The van der Waals surface area contributed by atoms with Crippen LogP contribution in [-0.2, 0) is 19.1 Å². The van der Waals surface area contributed by atoms with Crippen LogP contribution in [0.5, 0.6) is 5.75 Å². The zero-order valence-corrected chi connectivity index (χ0v) is 23.8. The van der Waals surface area contributed by atoms with Crippen LogP contribution in [0.2, 0.25) is 0 Å². The molecule has 3 heterocycles. The molecule has 4 fully saturated rings. The second-order valence-electron chi connectivity index (χ2n) is 12.5. The molecule has 8 nitrogen and oxygen atoms in total. The van der Waals surface area contributed by atoms with Crippen LogP contribution in [0, 0.1) is 17.8 Å². The Labute approximate surface area is 237 Å². The lowest BCUT2D eigenvalue weighted by atomic mass is 9.74. The number of methoxy groups -OCH3 is 1. The first-order chi connectivity index (χ1) is 19.4. The molecule has 0 radical (unpaired) electrons. The molecular formula is C32H43N3O5. The Morgan fingerprint density at radius 2 is 1.73 bits per heavy atom. The van der Waals surface area contributed by atoms with E-state index in [4.69, 9.17) is 9.47 Å². The van der Waals surface area contributed by atoms with Crippen molar-refractivity contribution in [2.45, 2.75) is 107 Å². The fourth-order valence-electron chi connectivity index (χ4n) is 8.03. The van der Waals surface area contributed by atoms with Crippen molar-refractivity contribution in [1.82, 2.24) is 10.2 Å². The number of hydrogen-bond donors (Lipinski definition) is 2. The van der Waals surface area contributed by atoms with E-state index in [0.29, 0.717) is 17.4 Å². The predicted molar refractivity (Wildman–Crippen MR) is 152 cm³/mol. The Morgan fingerprint density at radius 3 is 2.48 bits per heavy atom. The van der Waals surface area contributed by atoms with Crippen molar-refractivity contribution >= 4 is 23.4 Å². The number of nitrogens with zero attached hydrogens (tertiary/aromatic N) is 1. The van der Waals surface area contributed by atoms with Gasteiger partial charge in [0, 0.05) is 23.8 Å². The average Bonchev–Trinajstić information content (AvgIpc) is 3.57. The molecule has 2 saturated carbocycles. The van der Waals surface area contributed by atoms with Crippen molar-refractivity contribution in [1.29, 1.82) is 0 Å². The lowest BCUT2D eigenvalue weighted by Gasteiger charge is -2.39. The Balaban J connectivity index is 1.32. The Hall–Kier alpha value is -2.87. The van der Waals surface area contributed by atoms with E-state index in [1.807, 2.05) is 29.2 Å². The third kappa shape index (κ3) is 4.72.